The van der Waals surface area contributed by atoms with E-state index in [1.165, 1.54) is 25.0 Å². The van der Waals surface area contributed by atoms with E-state index in [0.717, 1.165) is 31.2 Å². The van der Waals surface area contributed by atoms with Crippen LogP contribution in [0, 0.1) is 0 Å². The van der Waals surface area contributed by atoms with Gasteiger partial charge in [-0.05, 0) is 52.3 Å². The molecule has 1 fully saturated rings. The number of aromatic nitrogens is 2. The summed E-state index contributed by atoms with van der Waals surface area (Å²) in [6, 6.07) is 0. The molecule has 2 heterocycles. The van der Waals surface area contributed by atoms with Gasteiger partial charge in [-0.1, -0.05) is 6.42 Å². The summed E-state index contributed by atoms with van der Waals surface area (Å²) in [5.41, 5.74) is 0.179. The maximum absolute atomic E-state index is 5.78. The Morgan fingerprint density at radius 2 is 2.16 bits per heavy atom. The molecule has 1 aromatic heterocycles. The first-order valence-corrected chi connectivity index (χ1v) is 8.28. The molecule has 0 spiro atoms. The maximum Gasteiger partial charge on any atom is 0.229 e. The Kier molecular flexibility index (Phi) is 5.28. The monoisotopic (exact) mass is 283 g/mol. The minimum atomic E-state index is 0.179. The van der Waals surface area contributed by atoms with Gasteiger partial charge in [-0.2, -0.15) is 0 Å². The zero-order valence-electron chi connectivity index (χ0n) is 12.2. The van der Waals surface area contributed by atoms with Crippen LogP contribution in [0.5, 0.6) is 0 Å². The Labute approximate surface area is 120 Å². The van der Waals surface area contributed by atoms with Crippen molar-refractivity contribution in [3.05, 3.63) is 11.8 Å². The van der Waals surface area contributed by atoms with Crippen LogP contribution in [0.4, 0.5) is 0 Å². The fraction of sp³-hybridized carbons (Fsp3) is 0.857. The lowest BCUT2D eigenvalue weighted by Gasteiger charge is -2.20. The second-order valence-electron chi connectivity index (χ2n) is 6.17. The number of hydrogen-bond acceptors (Lipinski definition) is 5. The molecule has 0 bridgehead atoms. The van der Waals surface area contributed by atoms with E-state index in [2.05, 4.69) is 36.3 Å². The molecule has 5 heteroatoms. The van der Waals surface area contributed by atoms with E-state index < -0.39 is 0 Å². The Hall–Kier alpha value is -0.550. The first kappa shape index (κ1) is 14.9. The number of nitrogens with one attached hydrogen (secondary N) is 1. The summed E-state index contributed by atoms with van der Waals surface area (Å²) in [5, 5.41) is 12.3. The van der Waals surface area contributed by atoms with Crippen molar-refractivity contribution in [3.8, 4) is 0 Å². The van der Waals surface area contributed by atoms with Crippen molar-refractivity contribution < 1.29 is 4.42 Å². The highest BCUT2D eigenvalue weighted by Crippen LogP contribution is 2.37. The lowest BCUT2D eigenvalue weighted by molar-refractivity contribution is 0.402. The van der Waals surface area contributed by atoms with Gasteiger partial charge in [-0.25, -0.2) is 0 Å². The lowest BCUT2D eigenvalue weighted by atomic mass is 10.1. The molecule has 1 unspecified atom stereocenters. The SMILES string of the molecule is CC(C)(C)NCCCc1nnc(C2CCCCS2)o1. The highest BCUT2D eigenvalue weighted by Gasteiger charge is 2.21. The Morgan fingerprint density at radius 1 is 1.32 bits per heavy atom. The molecule has 4 nitrogen and oxygen atoms in total. The molecule has 108 valence electrons. The molecule has 2 rings (SSSR count). The van der Waals surface area contributed by atoms with E-state index in [9.17, 15) is 0 Å². The molecular weight excluding hydrogens is 258 g/mol. The van der Waals surface area contributed by atoms with Gasteiger partial charge in [0.2, 0.25) is 11.8 Å². The summed E-state index contributed by atoms with van der Waals surface area (Å²) in [7, 11) is 0. The predicted octanol–water partition coefficient (Wildman–Crippen LogP) is 3.35. The summed E-state index contributed by atoms with van der Waals surface area (Å²) in [6.07, 6.45) is 5.69. The average molecular weight is 283 g/mol. The van der Waals surface area contributed by atoms with Gasteiger partial charge in [0.15, 0.2) is 0 Å². The van der Waals surface area contributed by atoms with Gasteiger partial charge in [-0.3, -0.25) is 0 Å². The van der Waals surface area contributed by atoms with Gasteiger partial charge in [-0.15, -0.1) is 22.0 Å². The first-order valence-electron chi connectivity index (χ1n) is 7.23. The highest BCUT2D eigenvalue weighted by atomic mass is 32.2. The fourth-order valence-electron chi connectivity index (χ4n) is 2.14. The van der Waals surface area contributed by atoms with E-state index in [1.54, 1.807) is 0 Å². The lowest BCUT2D eigenvalue weighted by Crippen LogP contribution is -2.36. The Morgan fingerprint density at radius 3 is 2.84 bits per heavy atom. The number of rotatable bonds is 5. The highest BCUT2D eigenvalue weighted by molar-refractivity contribution is 7.99. The van der Waals surface area contributed by atoms with Crippen LogP contribution in [0.2, 0.25) is 0 Å². The summed E-state index contributed by atoms with van der Waals surface area (Å²) in [6.45, 7) is 7.52. The molecule has 1 aliphatic heterocycles. The van der Waals surface area contributed by atoms with Gasteiger partial charge in [0.25, 0.3) is 0 Å². The largest absolute Gasteiger partial charge is 0.424 e. The van der Waals surface area contributed by atoms with Crippen LogP contribution in [-0.2, 0) is 6.42 Å². The molecule has 0 aromatic carbocycles. The normalized spacial score (nSPS) is 20.7. The summed E-state index contributed by atoms with van der Waals surface area (Å²) in [5.74, 6) is 2.85. The number of hydrogen-bond donors (Lipinski definition) is 1. The number of aryl methyl sites for hydroxylation is 1. The molecular formula is C14H25N3OS. The molecule has 0 aliphatic carbocycles. The molecule has 1 aliphatic rings. The zero-order valence-corrected chi connectivity index (χ0v) is 13.1. The maximum atomic E-state index is 5.78. The smallest absolute Gasteiger partial charge is 0.229 e. The van der Waals surface area contributed by atoms with Crippen molar-refractivity contribution in [2.75, 3.05) is 12.3 Å². The quantitative estimate of drug-likeness (QED) is 0.840. The molecule has 19 heavy (non-hydrogen) atoms. The van der Waals surface area contributed by atoms with Gasteiger partial charge in [0.05, 0.1) is 5.25 Å². The van der Waals surface area contributed by atoms with Crippen molar-refractivity contribution in [2.24, 2.45) is 0 Å². The van der Waals surface area contributed by atoms with E-state index in [1.807, 2.05) is 11.8 Å². The van der Waals surface area contributed by atoms with Gasteiger partial charge >= 0.3 is 0 Å². The molecule has 1 aromatic rings. The van der Waals surface area contributed by atoms with Crippen LogP contribution in [0.25, 0.3) is 0 Å². The van der Waals surface area contributed by atoms with Gasteiger partial charge < -0.3 is 9.73 Å². The zero-order chi connectivity index (χ0) is 13.7. The summed E-state index contributed by atoms with van der Waals surface area (Å²) in [4.78, 5) is 0. The van der Waals surface area contributed by atoms with Gasteiger partial charge in [0.1, 0.15) is 0 Å². The van der Waals surface area contributed by atoms with Crippen LogP contribution in [0.1, 0.15) is 63.5 Å². The second kappa shape index (κ2) is 6.75. The van der Waals surface area contributed by atoms with Crippen LogP contribution in [0.3, 0.4) is 0 Å². The van der Waals surface area contributed by atoms with Crippen LogP contribution in [0.15, 0.2) is 4.42 Å². The molecule has 1 atom stereocenters. The molecule has 0 amide bonds. The predicted molar refractivity (Wildman–Crippen MR) is 79.4 cm³/mol. The second-order valence-corrected chi connectivity index (χ2v) is 7.48. The third-order valence-electron chi connectivity index (χ3n) is 3.16. The van der Waals surface area contributed by atoms with E-state index in [0.29, 0.717) is 5.25 Å². The molecule has 1 N–H and O–H groups in total. The van der Waals surface area contributed by atoms with Crippen LogP contribution >= 0.6 is 11.8 Å². The van der Waals surface area contributed by atoms with Crippen molar-refractivity contribution in [1.29, 1.82) is 0 Å². The minimum Gasteiger partial charge on any atom is -0.424 e. The van der Waals surface area contributed by atoms with Crippen molar-refractivity contribution in [3.63, 3.8) is 0 Å². The van der Waals surface area contributed by atoms with Crippen molar-refractivity contribution in [2.45, 2.75) is 63.7 Å². The summed E-state index contributed by atoms with van der Waals surface area (Å²) >= 11 is 1.95. The van der Waals surface area contributed by atoms with E-state index in [-0.39, 0.29) is 5.54 Å². The van der Waals surface area contributed by atoms with E-state index in [4.69, 9.17) is 4.42 Å². The number of thioether (sulfide) groups is 1. The topological polar surface area (TPSA) is 51.0 Å². The Balaban J connectivity index is 1.74. The standard InChI is InChI=1S/C14H25N3OS/c1-14(2,3)15-9-6-8-12-16-17-13(18-12)11-7-4-5-10-19-11/h11,15H,4-10H2,1-3H3. The van der Waals surface area contributed by atoms with Crippen LogP contribution < -0.4 is 5.32 Å². The van der Waals surface area contributed by atoms with Gasteiger partial charge in [0, 0.05) is 12.0 Å². The number of nitrogens with zero attached hydrogens (tertiary/aromatic N) is 2. The summed E-state index contributed by atoms with van der Waals surface area (Å²) < 4.78 is 5.78. The third-order valence-corrected chi connectivity index (χ3v) is 4.52. The molecule has 0 saturated carbocycles. The van der Waals surface area contributed by atoms with Crippen molar-refractivity contribution in [1.82, 2.24) is 15.5 Å². The van der Waals surface area contributed by atoms with Crippen LogP contribution in [-0.4, -0.2) is 28.0 Å². The molecule has 0 radical (unpaired) electrons. The third kappa shape index (κ3) is 5.15. The first-order chi connectivity index (χ1) is 9.04. The van der Waals surface area contributed by atoms with Crippen molar-refractivity contribution >= 4 is 11.8 Å². The molecule has 1 saturated heterocycles. The Bertz CT molecular complexity index is 380. The minimum absolute atomic E-state index is 0.179. The van der Waals surface area contributed by atoms with E-state index >= 15 is 0 Å². The average Bonchev–Trinajstić information content (AvgIpc) is 2.83. The fourth-order valence-corrected chi connectivity index (χ4v) is 3.36.